The molecule has 224 valence electrons. The lowest BCUT2D eigenvalue weighted by atomic mass is 10.0. The van der Waals surface area contributed by atoms with Gasteiger partial charge in [0.15, 0.2) is 0 Å². The molecule has 0 aliphatic rings. The van der Waals surface area contributed by atoms with Crippen molar-refractivity contribution in [2.45, 2.75) is 51.2 Å². The van der Waals surface area contributed by atoms with Gasteiger partial charge in [-0.1, -0.05) is 56.3 Å². The third kappa shape index (κ3) is 13.2. The number of nitrogens with one attached hydrogen (secondary N) is 4. The Morgan fingerprint density at radius 1 is 0.756 bits per heavy atom. The zero-order valence-corrected chi connectivity index (χ0v) is 23.9. The van der Waals surface area contributed by atoms with Gasteiger partial charge in [-0.15, -0.1) is 12.4 Å². The number of primary amides is 1. The quantitative estimate of drug-likeness (QED) is 0.147. The van der Waals surface area contributed by atoms with Crippen molar-refractivity contribution in [3.05, 3.63) is 65.7 Å². The molecule has 12 nitrogen and oxygen atoms in total. The van der Waals surface area contributed by atoms with Crippen LogP contribution in [0.2, 0.25) is 0 Å². The zero-order chi connectivity index (χ0) is 29.7. The first-order valence-corrected chi connectivity index (χ1v) is 13.0. The molecule has 13 heteroatoms. The van der Waals surface area contributed by atoms with Crippen molar-refractivity contribution >= 4 is 41.9 Å². The number of hydrogen-bond acceptors (Lipinski definition) is 7. The minimum atomic E-state index is -1.03. The number of carbonyl (C=O) groups is 5. The van der Waals surface area contributed by atoms with Gasteiger partial charge in [-0.05, 0) is 42.0 Å². The topological polar surface area (TPSA) is 206 Å². The van der Waals surface area contributed by atoms with E-state index in [1.807, 2.05) is 19.9 Å². The number of carbonyl (C=O) groups excluding carboxylic acids is 5. The molecule has 0 saturated carbocycles. The maximum atomic E-state index is 13.0. The van der Waals surface area contributed by atoms with Crippen LogP contribution in [0.3, 0.4) is 0 Å². The first-order chi connectivity index (χ1) is 18.9. The first kappa shape index (κ1) is 34.9. The monoisotopic (exact) mass is 590 g/mol. The van der Waals surface area contributed by atoms with Crippen molar-refractivity contribution < 1.29 is 29.1 Å². The largest absolute Gasteiger partial charge is 0.508 e. The number of hydrogen-bond donors (Lipinski definition) is 7. The van der Waals surface area contributed by atoms with Crippen LogP contribution >= 0.6 is 12.4 Å². The molecular weight excluding hydrogens is 552 g/mol. The van der Waals surface area contributed by atoms with E-state index in [1.165, 1.54) is 12.1 Å². The molecule has 41 heavy (non-hydrogen) atoms. The summed E-state index contributed by atoms with van der Waals surface area (Å²) in [6.07, 6.45) is 0.691. The summed E-state index contributed by atoms with van der Waals surface area (Å²) in [5, 5.41) is 19.3. The summed E-state index contributed by atoms with van der Waals surface area (Å²) < 4.78 is 0. The van der Waals surface area contributed by atoms with Gasteiger partial charge in [0, 0.05) is 6.42 Å². The van der Waals surface area contributed by atoms with E-state index in [2.05, 4.69) is 21.3 Å². The summed E-state index contributed by atoms with van der Waals surface area (Å²) >= 11 is 0. The number of phenols is 1. The average Bonchev–Trinajstić information content (AvgIpc) is 2.91. The summed E-state index contributed by atoms with van der Waals surface area (Å²) in [5.41, 5.74) is 12.8. The third-order valence-electron chi connectivity index (χ3n) is 5.90. The Balaban J connectivity index is 0.00000840. The molecule has 9 N–H and O–H groups in total. The Kier molecular flexibility index (Phi) is 14.9. The normalized spacial score (nSPS) is 12.7. The van der Waals surface area contributed by atoms with Crippen molar-refractivity contribution in [2.75, 3.05) is 13.1 Å². The molecule has 0 aliphatic heterocycles. The molecule has 5 amide bonds. The van der Waals surface area contributed by atoms with Gasteiger partial charge in [-0.3, -0.25) is 24.0 Å². The molecule has 2 rings (SSSR count). The maximum absolute atomic E-state index is 13.0. The average molecular weight is 591 g/mol. The molecule has 0 spiro atoms. The van der Waals surface area contributed by atoms with Gasteiger partial charge in [-0.25, -0.2) is 0 Å². The lowest BCUT2D eigenvalue weighted by molar-refractivity contribution is -0.132. The van der Waals surface area contributed by atoms with Crippen LogP contribution in [0.15, 0.2) is 54.6 Å². The van der Waals surface area contributed by atoms with Crippen molar-refractivity contribution in [1.82, 2.24) is 21.3 Å². The molecule has 2 aromatic rings. The Bertz CT molecular complexity index is 1160. The molecule has 0 saturated heterocycles. The fourth-order valence-corrected chi connectivity index (χ4v) is 3.81. The van der Waals surface area contributed by atoms with Crippen LogP contribution in [-0.4, -0.2) is 65.9 Å². The van der Waals surface area contributed by atoms with Crippen molar-refractivity contribution in [3.8, 4) is 5.75 Å². The van der Waals surface area contributed by atoms with E-state index in [4.69, 9.17) is 11.5 Å². The number of aromatic hydroxyl groups is 1. The second-order valence-electron chi connectivity index (χ2n) is 9.87. The van der Waals surface area contributed by atoms with E-state index in [-0.39, 0.29) is 36.9 Å². The Morgan fingerprint density at radius 2 is 1.34 bits per heavy atom. The molecule has 0 bridgehead atoms. The number of benzene rings is 2. The molecular formula is C28H39ClN6O6. The van der Waals surface area contributed by atoms with Gasteiger partial charge >= 0.3 is 0 Å². The fourth-order valence-electron chi connectivity index (χ4n) is 3.81. The van der Waals surface area contributed by atoms with E-state index in [1.54, 1.807) is 36.4 Å². The van der Waals surface area contributed by atoms with Crippen LogP contribution in [0.5, 0.6) is 5.75 Å². The smallest absolute Gasteiger partial charge is 0.243 e. The van der Waals surface area contributed by atoms with E-state index < -0.39 is 60.8 Å². The van der Waals surface area contributed by atoms with Crippen LogP contribution in [0.4, 0.5) is 0 Å². The number of phenolic OH excluding ortho intramolecular Hbond substituents is 1. The maximum Gasteiger partial charge on any atom is 0.243 e. The molecule has 0 unspecified atom stereocenters. The minimum Gasteiger partial charge on any atom is -0.508 e. The number of halogens is 1. The highest BCUT2D eigenvalue weighted by atomic mass is 35.5. The van der Waals surface area contributed by atoms with Crippen molar-refractivity contribution in [1.29, 1.82) is 0 Å². The van der Waals surface area contributed by atoms with E-state index in [0.29, 0.717) is 6.42 Å². The molecule has 0 heterocycles. The summed E-state index contributed by atoms with van der Waals surface area (Å²) in [7, 11) is 0. The predicted molar refractivity (Wildman–Crippen MR) is 156 cm³/mol. The summed E-state index contributed by atoms with van der Waals surface area (Å²) in [4.78, 5) is 61.9. The first-order valence-electron chi connectivity index (χ1n) is 13.0. The lowest BCUT2D eigenvalue weighted by Crippen LogP contribution is -2.55. The van der Waals surface area contributed by atoms with Crippen LogP contribution in [-0.2, 0) is 36.8 Å². The van der Waals surface area contributed by atoms with E-state index in [0.717, 1.165) is 11.1 Å². The third-order valence-corrected chi connectivity index (χ3v) is 5.90. The van der Waals surface area contributed by atoms with Gasteiger partial charge < -0.3 is 37.8 Å². The fraction of sp³-hybridized carbons (Fsp3) is 0.393. The Hall–Kier alpha value is -4.16. The molecule has 0 aromatic heterocycles. The summed E-state index contributed by atoms with van der Waals surface area (Å²) in [6.45, 7) is 2.93. The summed E-state index contributed by atoms with van der Waals surface area (Å²) in [6, 6.07) is 12.4. The highest BCUT2D eigenvalue weighted by Gasteiger charge is 2.26. The number of amides is 5. The van der Waals surface area contributed by atoms with Crippen LogP contribution in [0.1, 0.15) is 31.4 Å². The van der Waals surface area contributed by atoms with Gasteiger partial charge in [0.25, 0.3) is 0 Å². The molecule has 2 aromatic carbocycles. The highest BCUT2D eigenvalue weighted by molar-refractivity contribution is 5.93. The number of nitrogens with two attached hydrogens (primary N) is 2. The van der Waals surface area contributed by atoms with E-state index >= 15 is 0 Å². The van der Waals surface area contributed by atoms with Gasteiger partial charge in [-0.2, -0.15) is 0 Å². The Labute approximate surface area is 245 Å². The van der Waals surface area contributed by atoms with Gasteiger partial charge in [0.2, 0.25) is 29.5 Å². The standard InChI is InChI=1S/C28H38N6O6.ClH/c1-17(2)12-22(26(30)38)34-28(40)23(14-18-6-4-3-5-7-18)33-25(37)16-31-24(36)15-32-27(39)21(29)13-19-8-10-20(35)11-9-19;/h3-11,17,21-23,35H,12-16,29H2,1-2H3,(H2,30,38)(H,31,36)(H,32,39)(H,33,37)(H,34,40);1H/t21-,22-,23-;/m0./s1. The minimum absolute atomic E-state index is 0. The predicted octanol–water partition coefficient (Wildman–Crippen LogP) is -0.340. The van der Waals surface area contributed by atoms with Crippen LogP contribution < -0.4 is 32.7 Å². The van der Waals surface area contributed by atoms with E-state index in [9.17, 15) is 29.1 Å². The van der Waals surface area contributed by atoms with Gasteiger partial charge in [0.1, 0.15) is 17.8 Å². The second-order valence-corrected chi connectivity index (χ2v) is 9.87. The van der Waals surface area contributed by atoms with Crippen LogP contribution in [0, 0.1) is 5.92 Å². The lowest BCUT2D eigenvalue weighted by Gasteiger charge is -2.23. The van der Waals surface area contributed by atoms with Crippen LogP contribution in [0.25, 0.3) is 0 Å². The molecule has 3 atom stereocenters. The highest BCUT2D eigenvalue weighted by Crippen LogP contribution is 2.11. The zero-order valence-electron chi connectivity index (χ0n) is 23.1. The molecule has 0 fully saturated rings. The van der Waals surface area contributed by atoms with Crippen molar-refractivity contribution in [3.63, 3.8) is 0 Å². The molecule has 0 aliphatic carbocycles. The van der Waals surface area contributed by atoms with Crippen molar-refractivity contribution in [2.24, 2.45) is 17.4 Å². The summed E-state index contributed by atoms with van der Waals surface area (Å²) in [5.74, 6) is -2.90. The van der Waals surface area contributed by atoms with Gasteiger partial charge in [0.05, 0.1) is 19.1 Å². The second kappa shape index (κ2) is 17.5. The SMILES string of the molecule is CC(C)C[C@H](NC(=O)[C@H](Cc1ccccc1)NC(=O)CNC(=O)CNC(=O)[C@@H](N)Cc1ccc(O)cc1)C(N)=O.Cl. The molecule has 0 radical (unpaired) electrons. The Morgan fingerprint density at radius 3 is 1.93 bits per heavy atom. The number of rotatable bonds is 15.